The summed E-state index contributed by atoms with van der Waals surface area (Å²) >= 11 is 0. The van der Waals surface area contributed by atoms with Crippen molar-refractivity contribution in [2.24, 2.45) is 4.99 Å². The van der Waals surface area contributed by atoms with Crippen molar-refractivity contribution in [2.75, 3.05) is 13.7 Å². The predicted molar refractivity (Wildman–Crippen MR) is 75.0 cm³/mol. The minimum absolute atomic E-state index is 0.157. The number of carbonyl (C=O) groups is 1. The van der Waals surface area contributed by atoms with Gasteiger partial charge in [-0.2, -0.15) is 4.99 Å². The van der Waals surface area contributed by atoms with Crippen LogP contribution in [0.5, 0.6) is 0 Å². The van der Waals surface area contributed by atoms with Crippen molar-refractivity contribution in [3.8, 4) is 0 Å². The van der Waals surface area contributed by atoms with Crippen LogP contribution in [0.1, 0.15) is 12.6 Å². The molecule has 2 aromatic heterocycles. The maximum absolute atomic E-state index is 12.2. The summed E-state index contributed by atoms with van der Waals surface area (Å²) < 4.78 is 7.01. The molecule has 0 unspecified atom stereocenters. The topological polar surface area (TPSA) is 59.2 Å². The number of ether oxygens (including phenoxy) is 1. The van der Waals surface area contributed by atoms with Crippen LogP contribution >= 0.6 is 0 Å². The van der Waals surface area contributed by atoms with Gasteiger partial charge in [0.15, 0.2) is 0 Å². The predicted octanol–water partition coefficient (Wildman–Crippen LogP) is 1.54. The van der Waals surface area contributed by atoms with E-state index in [2.05, 4.69) is 9.98 Å². The molecule has 6 heteroatoms. The Morgan fingerprint density at radius 2 is 2.25 bits per heavy atom. The molecule has 0 radical (unpaired) electrons. The van der Waals surface area contributed by atoms with Crippen LogP contribution in [-0.2, 0) is 9.53 Å². The normalized spacial score (nSPS) is 17.1. The number of nitrogens with zero attached hydrogens (tertiary/aromatic N) is 4. The monoisotopic (exact) mass is 270 g/mol. The van der Waals surface area contributed by atoms with E-state index in [1.54, 1.807) is 12.3 Å². The first-order valence-corrected chi connectivity index (χ1v) is 6.33. The van der Waals surface area contributed by atoms with E-state index in [0.717, 1.165) is 11.3 Å². The molecule has 1 aliphatic heterocycles. The second-order valence-electron chi connectivity index (χ2n) is 4.29. The van der Waals surface area contributed by atoms with Crippen LogP contribution in [0.25, 0.3) is 11.7 Å². The number of methoxy groups -OCH3 is 1. The fourth-order valence-corrected chi connectivity index (χ4v) is 2.16. The van der Waals surface area contributed by atoms with Crippen LogP contribution in [-0.4, -0.2) is 39.9 Å². The average Bonchev–Trinajstić information content (AvgIpc) is 3.01. The van der Waals surface area contributed by atoms with Crippen molar-refractivity contribution >= 4 is 23.7 Å². The highest BCUT2D eigenvalue weighted by atomic mass is 16.5. The molecule has 0 aliphatic carbocycles. The highest BCUT2D eigenvalue weighted by molar-refractivity contribution is 6.12. The number of carbonyl (C=O) groups excluding carboxylic acids is 1. The fourth-order valence-electron chi connectivity index (χ4n) is 2.16. The lowest BCUT2D eigenvalue weighted by Crippen LogP contribution is -2.32. The lowest BCUT2D eigenvalue weighted by molar-refractivity contribution is -0.123. The van der Waals surface area contributed by atoms with Gasteiger partial charge >= 0.3 is 0 Å². The number of amides is 1. The molecule has 0 atom stereocenters. The van der Waals surface area contributed by atoms with Gasteiger partial charge < -0.3 is 9.14 Å². The van der Waals surface area contributed by atoms with E-state index in [4.69, 9.17) is 4.74 Å². The number of imidazole rings is 1. The summed E-state index contributed by atoms with van der Waals surface area (Å²) in [4.78, 5) is 22.2. The van der Waals surface area contributed by atoms with Crippen LogP contribution < -0.4 is 0 Å². The van der Waals surface area contributed by atoms with Gasteiger partial charge in [-0.1, -0.05) is 6.07 Å². The number of rotatable bonds is 2. The summed E-state index contributed by atoms with van der Waals surface area (Å²) in [5.41, 5.74) is 1.99. The van der Waals surface area contributed by atoms with Crippen molar-refractivity contribution in [3.05, 3.63) is 42.0 Å². The summed E-state index contributed by atoms with van der Waals surface area (Å²) in [5.74, 6) is -0.157. The highest BCUT2D eigenvalue weighted by Crippen LogP contribution is 2.19. The molecule has 102 valence electrons. The number of hydrogen-bond donors (Lipinski definition) is 0. The molecule has 6 nitrogen and oxygen atoms in total. The summed E-state index contributed by atoms with van der Waals surface area (Å²) in [6.45, 7) is 2.40. The SMILES string of the molecule is CCN1C(=O)/C(=C/c2cnc3ccccn23)N=C1OC. The maximum atomic E-state index is 12.2. The van der Waals surface area contributed by atoms with Gasteiger partial charge in [-0.3, -0.25) is 9.69 Å². The van der Waals surface area contributed by atoms with Gasteiger partial charge in [0.25, 0.3) is 11.9 Å². The molecule has 3 rings (SSSR count). The summed E-state index contributed by atoms with van der Waals surface area (Å²) in [7, 11) is 1.51. The molecule has 0 saturated heterocycles. The van der Waals surface area contributed by atoms with E-state index in [9.17, 15) is 4.79 Å². The van der Waals surface area contributed by atoms with Gasteiger partial charge in [0.2, 0.25) is 0 Å². The van der Waals surface area contributed by atoms with Crippen molar-refractivity contribution in [1.29, 1.82) is 0 Å². The highest BCUT2D eigenvalue weighted by Gasteiger charge is 2.29. The zero-order chi connectivity index (χ0) is 14.1. The van der Waals surface area contributed by atoms with Crippen molar-refractivity contribution < 1.29 is 9.53 Å². The minimum Gasteiger partial charge on any atom is -0.468 e. The first-order chi connectivity index (χ1) is 9.74. The van der Waals surface area contributed by atoms with Crippen molar-refractivity contribution in [2.45, 2.75) is 6.92 Å². The van der Waals surface area contributed by atoms with Crippen LogP contribution in [0.3, 0.4) is 0 Å². The molecule has 3 heterocycles. The second kappa shape index (κ2) is 4.80. The molecular weight excluding hydrogens is 256 g/mol. The Morgan fingerprint density at radius 3 is 2.95 bits per heavy atom. The van der Waals surface area contributed by atoms with E-state index < -0.39 is 0 Å². The smallest absolute Gasteiger partial charge is 0.299 e. The Balaban J connectivity index is 2.05. The van der Waals surface area contributed by atoms with E-state index in [1.807, 2.05) is 35.7 Å². The number of aromatic nitrogens is 2. The van der Waals surface area contributed by atoms with Gasteiger partial charge in [0.1, 0.15) is 11.3 Å². The van der Waals surface area contributed by atoms with Crippen LogP contribution in [0.4, 0.5) is 0 Å². The molecule has 0 aromatic carbocycles. The maximum Gasteiger partial charge on any atom is 0.299 e. The lowest BCUT2D eigenvalue weighted by atomic mass is 10.3. The van der Waals surface area contributed by atoms with Crippen LogP contribution in [0.2, 0.25) is 0 Å². The number of fused-ring (bicyclic) bond motifs is 1. The van der Waals surface area contributed by atoms with E-state index in [1.165, 1.54) is 12.0 Å². The molecule has 0 saturated carbocycles. The summed E-state index contributed by atoms with van der Waals surface area (Å²) in [6.07, 6.45) is 5.33. The Labute approximate surface area is 116 Å². The van der Waals surface area contributed by atoms with Gasteiger partial charge in [-0.15, -0.1) is 0 Å². The molecule has 0 bridgehead atoms. The van der Waals surface area contributed by atoms with E-state index in [0.29, 0.717) is 18.3 Å². The van der Waals surface area contributed by atoms with Crippen molar-refractivity contribution in [3.63, 3.8) is 0 Å². The Hall–Kier alpha value is -2.63. The molecular formula is C14H14N4O2. The molecule has 0 fully saturated rings. The standard InChI is InChI=1S/C14H14N4O2/c1-3-17-13(19)11(16-14(17)20-2)8-10-9-15-12-6-4-5-7-18(10)12/h4-9H,3H2,1-2H3/b11-8-. The number of pyridine rings is 1. The zero-order valence-corrected chi connectivity index (χ0v) is 11.3. The summed E-state index contributed by atoms with van der Waals surface area (Å²) in [6, 6.07) is 6.06. The quantitative estimate of drug-likeness (QED) is 0.778. The third kappa shape index (κ3) is 1.85. The molecule has 2 aromatic rings. The first kappa shape index (κ1) is 12.4. The summed E-state index contributed by atoms with van der Waals surface area (Å²) in [5, 5.41) is 0. The Bertz CT molecular complexity index is 730. The Kier molecular flexibility index (Phi) is 2.98. The van der Waals surface area contributed by atoms with Gasteiger partial charge in [-0.05, 0) is 25.1 Å². The van der Waals surface area contributed by atoms with E-state index >= 15 is 0 Å². The van der Waals surface area contributed by atoms with Gasteiger partial charge in [-0.25, -0.2) is 4.98 Å². The third-order valence-electron chi connectivity index (χ3n) is 3.14. The lowest BCUT2D eigenvalue weighted by Gasteiger charge is -2.12. The first-order valence-electron chi connectivity index (χ1n) is 6.33. The molecule has 1 aliphatic rings. The molecule has 20 heavy (non-hydrogen) atoms. The van der Waals surface area contributed by atoms with E-state index in [-0.39, 0.29) is 5.91 Å². The third-order valence-corrected chi connectivity index (χ3v) is 3.14. The Morgan fingerprint density at radius 1 is 1.40 bits per heavy atom. The number of aliphatic imine (C=N–C) groups is 1. The van der Waals surface area contributed by atoms with Gasteiger partial charge in [0.05, 0.1) is 19.0 Å². The van der Waals surface area contributed by atoms with Crippen molar-refractivity contribution in [1.82, 2.24) is 14.3 Å². The van der Waals surface area contributed by atoms with Crippen LogP contribution in [0.15, 0.2) is 41.3 Å². The second-order valence-corrected chi connectivity index (χ2v) is 4.29. The number of hydrogen-bond acceptors (Lipinski definition) is 4. The fraction of sp³-hybridized carbons (Fsp3) is 0.214. The number of amidine groups is 1. The largest absolute Gasteiger partial charge is 0.468 e. The molecule has 0 spiro atoms. The van der Waals surface area contributed by atoms with Crippen LogP contribution in [0, 0.1) is 0 Å². The average molecular weight is 270 g/mol. The molecule has 1 amide bonds. The number of likely N-dealkylation sites (N-methyl/N-ethyl adjacent to an activating group) is 1. The molecule has 0 N–H and O–H groups in total. The van der Waals surface area contributed by atoms with Gasteiger partial charge in [0, 0.05) is 12.7 Å². The zero-order valence-electron chi connectivity index (χ0n) is 11.3. The minimum atomic E-state index is -0.157.